The van der Waals surface area contributed by atoms with E-state index in [1.807, 2.05) is 121 Å². The van der Waals surface area contributed by atoms with Crippen molar-refractivity contribution in [2.75, 3.05) is 177 Å². The van der Waals surface area contributed by atoms with Crippen LogP contribution >= 0.6 is 15.2 Å². The highest BCUT2D eigenvalue weighted by Gasteiger charge is 2.45. The summed E-state index contributed by atoms with van der Waals surface area (Å²) < 4.78 is 118. The SMILES string of the molecule is O=C(CCOCCOCCOCCOCCOCCOCCOCCOCCOCCOCCOCCOCCNC(=O)C(CCCCCCCCCCCCCCP(=O)(OCc1ccccc1)OCc1ccccc1)(CCCCCCCCCCCCCCP(=O)(OCc1ccccc1)OCc1ccccc1)C(=O)O)ON1C(=O)CCC1=O. The van der Waals surface area contributed by atoms with Gasteiger partial charge in [0.05, 0.1) is 204 Å². The Labute approximate surface area is 708 Å². The van der Waals surface area contributed by atoms with Crippen LogP contribution in [0.3, 0.4) is 0 Å². The number of rotatable bonds is 84. The van der Waals surface area contributed by atoms with Gasteiger partial charge in [-0.1, -0.05) is 263 Å². The van der Waals surface area contributed by atoms with Gasteiger partial charge in [0.1, 0.15) is 5.41 Å². The second-order valence-corrected chi connectivity index (χ2v) is 33.8. The van der Waals surface area contributed by atoms with Crippen molar-refractivity contribution in [1.82, 2.24) is 10.4 Å². The van der Waals surface area contributed by atoms with Crippen molar-refractivity contribution in [3.8, 4) is 0 Å². The van der Waals surface area contributed by atoms with E-state index in [1.165, 1.54) is 0 Å². The van der Waals surface area contributed by atoms with Crippen molar-refractivity contribution >= 4 is 44.9 Å². The number of nitrogens with zero attached hydrogens (tertiary/aromatic N) is 1. The molecular formula is C90H142N2O25P2. The summed E-state index contributed by atoms with van der Waals surface area (Å²) in [5, 5.41) is 14.3. The van der Waals surface area contributed by atoms with Gasteiger partial charge in [-0.2, -0.15) is 0 Å². The minimum Gasteiger partial charge on any atom is -0.480 e. The Hall–Kier alpha value is -5.75. The smallest absolute Gasteiger partial charge is 0.335 e. The zero-order valence-electron chi connectivity index (χ0n) is 71.1. The van der Waals surface area contributed by atoms with Gasteiger partial charge in [0, 0.05) is 19.4 Å². The summed E-state index contributed by atoms with van der Waals surface area (Å²) in [5.41, 5.74) is 2.35. The molecule has 0 bridgehead atoms. The highest BCUT2D eigenvalue weighted by atomic mass is 31.2. The van der Waals surface area contributed by atoms with Gasteiger partial charge in [-0.25, -0.2) is 4.79 Å². The molecule has 1 fully saturated rings. The maximum absolute atomic E-state index is 14.0. The van der Waals surface area contributed by atoms with E-state index in [1.54, 1.807) is 0 Å². The molecule has 0 unspecified atom stereocenters. The number of aliphatic carboxylic acids is 1. The van der Waals surface area contributed by atoms with E-state index in [0.29, 0.717) is 182 Å². The van der Waals surface area contributed by atoms with E-state index < -0.39 is 50.3 Å². The highest BCUT2D eigenvalue weighted by molar-refractivity contribution is 7.54. The Balaban J connectivity index is 0.835. The molecule has 1 saturated heterocycles. The van der Waals surface area contributed by atoms with Gasteiger partial charge in [-0.3, -0.25) is 28.3 Å². The molecule has 0 aliphatic carbocycles. The quantitative estimate of drug-likeness (QED) is 0.0179. The van der Waals surface area contributed by atoms with Gasteiger partial charge >= 0.3 is 27.1 Å². The molecule has 5 rings (SSSR count). The van der Waals surface area contributed by atoms with Crippen molar-refractivity contribution < 1.29 is 118 Å². The summed E-state index contributed by atoms with van der Waals surface area (Å²) in [6.07, 6.45) is 25.6. The molecule has 0 atom stereocenters. The molecule has 27 nitrogen and oxygen atoms in total. The number of hydrogen-bond donors (Lipinski definition) is 2. The maximum Gasteiger partial charge on any atom is 0.335 e. The zero-order chi connectivity index (χ0) is 84.6. The number of carboxylic acids is 1. The fraction of sp³-hybridized carbons (Fsp3) is 0.678. The average molecular weight is 1710 g/mol. The van der Waals surface area contributed by atoms with Gasteiger partial charge < -0.3 is 90.2 Å². The number of hydroxylamine groups is 2. The van der Waals surface area contributed by atoms with Gasteiger partial charge in [-0.15, -0.1) is 5.06 Å². The minimum absolute atomic E-state index is 0.0452. The maximum atomic E-state index is 14.0. The Morgan fingerprint density at radius 2 is 0.546 bits per heavy atom. The lowest BCUT2D eigenvalue weighted by atomic mass is 9.76. The summed E-state index contributed by atoms with van der Waals surface area (Å²) in [6, 6.07) is 39.1. The van der Waals surface area contributed by atoms with Crippen LogP contribution in [0.1, 0.15) is 208 Å². The molecule has 1 heterocycles. The first kappa shape index (κ1) is 104. The molecule has 672 valence electrons. The molecule has 2 N–H and O–H groups in total. The minimum atomic E-state index is -3.29. The molecule has 1 aliphatic heterocycles. The number of imide groups is 1. The topological polar surface area (TPSA) is 312 Å². The summed E-state index contributed by atoms with van der Waals surface area (Å²) in [5.74, 6) is -3.25. The predicted octanol–water partition coefficient (Wildman–Crippen LogP) is 16.8. The molecule has 0 aromatic heterocycles. The van der Waals surface area contributed by atoms with Crippen LogP contribution in [0.4, 0.5) is 0 Å². The second kappa shape index (κ2) is 70.6. The molecule has 4 aromatic rings. The summed E-state index contributed by atoms with van der Waals surface area (Å²) in [7, 11) is -6.59. The first-order chi connectivity index (χ1) is 58.4. The van der Waals surface area contributed by atoms with Gasteiger partial charge in [0.2, 0.25) is 5.91 Å². The molecular weight excluding hydrogens is 1570 g/mol. The van der Waals surface area contributed by atoms with E-state index in [9.17, 15) is 38.2 Å². The monoisotopic (exact) mass is 1710 g/mol. The first-order valence-corrected chi connectivity index (χ1v) is 47.3. The predicted molar refractivity (Wildman–Crippen MR) is 455 cm³/mol. The van der Waals surface area contributed by atoms with Crippen molar-refractivity contribution in [3.63, 3.8) is 0 Å². The number of unbranched alkanes of at least 4 members (excludes halogenated alkanes) is 22. The van der Waals surface area contributed by atoms with Crippen LogP contribution in [0.5, 0.6) is 0 Å². The van der Waals surface area contributed by atoms with Crippen molar-refractivity contribution in [3.05, 3.63) is 144 Å². The fourth-order valence-electron chi connectivity index (χ4n) is 12.9. The summed E-state index contributed by atoms with van der Waals surface area (Å²) in [6.45, 7) is 10.3. The van der Waals surface area contributed by atoms with Crippen LogP contribution in [0.2, 0.25) is 0 Å². The molecule has 1 aliphatic rings. The van der Waals surface area contributed by atoms with Crippen LogP contribution < -0.4 is 5.32 Å². The van der Waals surface area contributed by atoms with Gasteiger partial charge in [-0.05, 0) is 47.9 Å². The number of benzene rings is 4. The number of carbonyl (C=O) groups is 5. The van der Waals surface area contributed by atoms with Crippen LogP contribution in [0.15, 0.2) is 121 Å². The number of carbonyl (C=O) groups excluding carboxylic acids is 4. The number of amides is 3. The number of nitrogens with one attached hydrogen (secondary N) is 1. The van der Waals surface area contributed by atoms with Crippen molar-refractivity contribution in [2.45, 2.75) is 213 Å². The Bertz CT molecular complexity index is 3000. The van der Waals surface area contributed by atoms with E-state index >= 15 is 0 Å². The number of hydrogen-bond acceptors (Lipinski definition) is 24. The van der Waals surface area contributed by atoms with E-state index in [4.69, 9.17) is 79.8 Å². The molecule has 0 saturated carbocycles. The normalized spacial score (nSPS) is 12.7. The molecule has 0 spiro atoms. The molecule has 3 amide bonds. The third-order valence-corrected chi connectivity index (χ3v) is 23.6. The Morgan fingerprint density at radius 3 is 0.798 bits per heavy atom. The lowest BCUT2D eigenvalue weighted by Crippen LogP contribution is -2.47. The van der Waals surface area contributed by atoms with Crippen molar-refractivity contribution in [1.29, 1.82) is 0 Å². The molecule has 29 heteroatoms. The lowest BCUT2D eigenvalue weighted by Gasteiger charge is -2.28. The van der Waals surface area contributed by atoms with Crippen molar-refractivity contribution in [2.24, 2.45) is 5.41 Å². The highest BCUT2D eigenvalue weighted by Crippen LogP contribution is 2.52. The fourth-order valence-corrected chi connectivity index (χ4v) is 16.1. The molecule has 0 radical (unpaired) electrons. The van der Waals surface area contributed by atoms with E-state index in [0.717, 1.165) is 164 Å². The largest absolute Gasteiger partial charge is 0.480 e. The van der Waals surface area contributed by atoms with Crippen LogP contribution in [-0.2, 0) is 139 Å². The van der Waals surface area contributed by atoms with Crippen LogP contribution in [-0.4, -0.2) is 217 Å². The van der Waals surface area contributed by atoms with E-state index in [2.05, 4.69) is 5.32 Å². The zero-order valence-corrected chi connectivity index (χ0v) is 72.8. The molecule has 119 heavy (non-hydrogen) atoms. The first-order valence-electron chi connectivity index (χ1n) is 43.8. The van der Waals surface area contributed by atoms with Gasteiger partial charge in [0.15, 0.2) is 0 Å². The second-order valence-electron chi connectivity index (χ2n) is 29.5. The standard InChI is InChI=1S/C90H142N2O25P2/c93-85-45-46-86(94)92(85)117-87(95)47-51-101-53-55-103-57-59-105-61-63-107-65-67-109-69-71-111-73-74-112-72-70-110-68-66-108-64-62-106-60-58-104-56-54-102-52-50-91-88(96)90(89(97)98,48-33-17-13-9-5-1-3-7-11-15-19-35-75-118(99,113-77-81-37-25-21-26-38-81)114-78-82-39-27-22-28-40-82)49-34-18-14-10-6-2-4-8-12-16-20-36-76-119(100,115-79-83-41-29-23-30-42-83)116-80-84-43-31-24-32-44-84/h21-32,37-44H,1-20,33-36,45-80H2,(H,91,96)(H,97,98). The van der Waals surface area contributed by atoms with Crippen LogP contribution in [0.25, 0.3) is 0 Å². The summed E-state index contributed by atoms with van der Waals surface area (Å²) >= 11 is 0. The van der Waals surface area contributed by atoms with Crippen LogP contribution in [0, 0.1) is 5.41 Å². The Morgan fingerprint density at radius 1 is 0.319 bits per heavy atom. The summed E-state index contributed by atoms with van der Waals surface area (Å²) in [4.78, 5) is 66.8. The van der Waals surface area contributed by atoms with E-state index in [-0.39, 0.29) is 72.1 Å². The third kappa shape index (κ3) is 53.8. The Kier molecular flexibility index (Phi) is 61.6. The van der Waals surface area contributed by atoms with Gasteiger partial charge in [0.25, 0.3) is 11.8 Å². The number of carboxylic acid groups (broad SMARTS) is 1. The third-order valence-electron chi connectivity index (χ3n) is 19.8. The average Bonchev–Trinajstić information content (AvgIpc) is 1.23. The molecule has 4 aromatic carbocycles. The lowest BCUT2D eigenvalue weighted by molar-refractivity contribution is -0.198. The number of ether oxygens (including phenoxy) is 12.